The minimum atomic E-state index is -0.0146. The molecule has 0 bridgehead atoms. The van der Waals surface area contributed by atoms with Crippen LogP contribution in [0.15, 0.2) is 23.7 Å². The number of aromatic nitrogens is 2. The fraction of sp³-hybridized carbons (Fsp3) is 0.250. The second-order valence-electron chi connectivity index (χ2n) is 4.01. The summed E-state index contributed by atoms with van der Waals surface area (Å²) in [5.41, 5.74) is 8.83. The molecule has 0 unspecified atom stereocenters. The quantitative estimate of drug-likeness (QED) is 0.649. The van der Waals surface area contributed by atoms with E-state index in [9.17, 15) is 0 Å². The summed E-state index contributed by atoms with van der Waals surface area (Å²) < 4.78 is 0. The molecule has 0 aliphatic rings. The summed E-state index contributed by atoms with van der Waals surface area (Å²) in [5.74, 6) is 0.787. The molecule has 0 fully saturated rings. The van der Waals surface area contributed by atoms with Crippen LogP contribution in [0, 0.1) is 12.3 Å². The molecule has 0 aliphatic carbocycles. The van der Waals surface area contributed by atoms with Crippen molar-refractivity contribution in [1.29, 1.82) is 5.41 Å². The predicted molar refractivity (Wildman–Crippen MR) is 74.2 cm³/mol. The number of nitrogens with zero attached hydrogens (tertiary/aromatic N) is 3. The summed E-state index contributed by atoms with van der Waals surface area (Å²) in [6, 6.07) is 5.50. The molecule has 0 amide bonds. The zero-order valence-corrected chi connectivity index (χ0v) is 11.2. The summed E-state index contributed by atoms with van der Waals surface area (Å²) in [7, 11) is 1.96. The smallest absolute Gasteiger partial charge is 0.141 e. The number of anilines is 1. The molecule has 0 atom stereocenters. The van der Waals surface area contributed by atoms with Gasteiger partial charge in [0.15, 0.2) is 0 Å². The van der Waals surface area contributed by atoms with Crippen LogP contribution in [0.5, 0.6) is 0 Å². The molecule has 3 N–H and O–H groups in total. The van der Waals surface area contributed by atoms with Crippen molar-refractivity contribution in [2.75, 3.05) is 11.9 Å². The topological polar surface area (TPSA) is 78.9 Å². The van der Waals surface area contributed by atoms with Crippen LogP contribution in [0.25, 0.3) is 0 Å². The number of nitrogens with one attached hydrogen (secondary N) is 1. The van der Waals surface area contributed by atoms with E-state index in [-0.39, 0.29) is 5.84 Å². The standard InChI is InChI=1S/C12H15N5S/c1-8-10(18-7-15-8)6-17(2)11-5-3-4-9(16-11)12(13)14/h3-5,7H,6H2,1-2H3,(H3,13,14). The molecule has 6 heteroatoms. The zero-order chi connectivity index (χ0) is 13.1. The molecule has 18 heavy (non-hydrogen) atoms. The highest BCUT2D eigenvalue weighted by molar-refractivity contribution is 7.09. The van der Waals surface area contributed by atoms with Crippen LogP contribution in [0.3, 0.4) is 0 Å². The van der Waals surface area contributed by atoms with Crippen molar-refractivity contribution in [2.24, 2.45) is 5.73 Å². The second-order valence-corrected chi connectivity index (χ2v) is 4.95. The van der Waals surface area contributed by atoms with E-state index in [0.29, 0.717) is 5.69 Å². The first-order chi connectivity index (χ1) is 8.58. The van der Waals surface area contributed by atoms with E-state index in [0.717, 1.165) is 18.1 Å². The van der Waals surface area contributed by atoms with Gasteiger partial charge in [-0.05, 0) is 19.1 Å². The summed E-state index contributed by atoms with van der Waals surface area (Å²) in [4.78, 5) is 11.8. The van der Waals surface area contributed by atoms with Crippen molar-refractivity contribution >= 4 is 23.0 Å². The summed E-state index contributed by atoms with van der Waals surface area (Å²) in [6.07, 6.45) is 0. The molecular weight excluding hydrogens is 246 g/mol. The maximum absolute atomic E-state index is 7.39. The van der Waals surface area contributed by atoms with Crippen molar-refractivity contribution in [3.05, 3.63) is 40.0 Å². The molecule has 0 aromatic carbocycles. The highest BCUT2D eigenvalue weighted by Crippen LogP contribution is 2.18. The van der Waals surface area contributed by atoms with E-state index in [1.54, 1.807) is 17.4 Å². The van der Waals surface area contributed by atoms with E-state index < -0.39 is 0 Å². The number of amidine groups is 1. The van der Waals surface area contributed by atoms with Gasteiger partial charge in [0.1, 0.15) is 17.3 Å². The van der Waals surface area contributed by atoms with E-state index in [1.165, 1.54) is 4.88 Å². The molecule has 2 aromatic rings. The van der Waals surface area contributed by atoms with E-state index >= 15 is 0 Å². The number of nitrogens with two attached hydrogens (primary N) is 1. The third-order valence-corrected chi connectivity index (χ3v) is 3.55. The maximum atomic E-state index is 7.39. The van der Waals surface area contributed by atoms with Crippen molar-refractivity contribution < 1.29 is 0 Å². The molecule has 0 saturated carbocycles. The lowest BCUT2D eigenvalue weighted by Gasteiger charge is -2.18. The Balaban J connectivity index is 2.18. The molecule has 5 nitrogen and oxygen atoms in total. The van der Waals surface area contributed by atoms with Gasteiger partial charge in [-0.25, -0.2) is 9.97 Å². The van der Waals surface area contributed by atoms with Crippen LogP contribution < -0.4 is 10.6 Å². The average Bonchev–Trinajstić information content (AvgIpc) is 2.75. The van der Waals surface area contributed by atoms with Gasteiger partial charge in [0, 0.05) is 11.9 Å². The van der Waals surface area contributed by atoms with Gasteiger partial charge < -0.3 is 10.6 Å². The Morgan fingerprint density at radius 2 is 2.28 bits per heavy atom. The number of aryl methyl sites for hydroxylation is 1. The van der Waals surface area contributed by atoms with E-state index in [1.807, 2.05) is 36.5 Å². The molecule has 0 aliphatic heterocycles. The molecule has 0 saturated heterocycles. The lowest BCUT2D eigenvalue weighted by molar-refractivity contribution is 0.899. The average molecular weight is 261 g/mol. The summed E-state index contributed by atoms with van der Waals surface area (Å²) in [5, 5.41) is 7.39. The number of rotatable bonds is 4. The zero-order valence-electron chi connectivity index (χ0n) is 10.3. The van der Waals surface area contributed by atoms with E-state index in [4.69, 9.17) is 11.1 Å². The Labute approximate surface area is 110 Å². The van der Waals surface area contributed by atoms with Crippen LogP contribution in [0.2, 0.25) is 0 Å². The van der Waals surface area contributed by atoms with Crippen molar-refractivity contribution in [2.45, 2.75) is 13.5 Å². The molecule has 2 rings (SSSR count). The van der Waals surface area contributed by atoms with Gasteiger partial charge in [-0.2, -0.15) is 0 Å². The molecule has 2 aromatic heterocycles. The van der Waals surface area contributed by atoms with Crippen LogP contribution in [0.1, 0.15) is 16.3 Å². The minimum absolute atomic E-state index is 0.0146. The lowest BCUT2D eigenvalue weighted by Crippen LogP contribution is -2.20. The number of hydrogen-bond donors (Lipinski definition) is 2. The summed E-state index contributed by atoms with van der Waals surface area (Å²) in [6.45, 7) is 2.75. The Hall–Kier alpha value is -1.95. The van der Waals surface area contributed by atoms with Crippen molar-refractivity contribution in [3.63, 3.8) is 0 Å². The minimum Gasteiger partial charge on any atom is -0.382 e. The first-order valence-electron chi connectivity index (χ1n) is 5.49. The molecule has 94 valence electrons. The van der Waals surface area contributed by atoms with Gasteiger partial charge >= 0.3 is 0 Å². The van der Waals surface area contributed by atoms with Crippen molar-refractivity contribution in [3.8, 4) is 0 Å². The van der Waals surface area contributed by atoms with Crippen LogP contribution in [0.4, 0.5) is 5.82 Å². The molecule has 2 heterocycles. The number of nitrogen functional groups attached to an aromatic ring is 1. The Bertz CT molecular complexity index is 563. The highest BCUT2D eigenvalue weighted by Gasteiger charge is 2.08. The van der Waals surface area contributed by atoms with Crippen LogP contribution in [-0.4, -0.2) is 22.9 Å². The Morgan fingerprint density at radius 3 is 2.89 bits per heavy atom. The Kier molecular flexibility index (Phi) is 3.57. The number of pyridine rings is 1. The number of thiazole rings is 1. The van der Waals surface area contributed by atoms with Crippen LogP contribution >= 0.6 is 11.3 Å². The lowest BCUT2D eigenvalue weighted by atomic mass is 10.3. The SMILES string of the molecule is Cc1ncsc1CN(C)c1cccc(C(=N)N)n1. The predicted octanol–water partition coefficient (Wildman–Crippen LogP) is 1.77. The third-order valence-electron chi connectivity index (χ3n) is 2.63. The van der Waals surface area contributed by atoms with Gasteiger partial charge in [0.05, 0.1) is 17.7 Å². The first-order valence-corrected chi connectivity index (χ1v) is 6.37. The van der Waals surface area contributed by atoms with Gasteiger partial charge in [-0.3, -0.25) is 5.41 Å². The normalized spacial score (nSPS) is 10.3. The van der Waals surface area contributed by atoms with Gasteiger partial charge in [0.2, 0.25) is 0 Å². The fourth-order valence-electron chi connectivity index (χ4n) is 1.56. The van der Waals surface area contributed by atoms with Gasteiger partial charge in [0.25, 0.3) is 0 Å². The van der Waals surface area contributed by atoms with Gasteiger partial charge in [-0.15, -0.1) is 11.3 Å². The monoisotopic (exact) mass is 261 g/mol. The third kappa shape index (κ3) is 2.65. The largest absolute Gasteiger partial charge is 0.382 e. The fourth-order valence-corrected chi connectivity index (χ4v) is 2.39. The van der Waals surface area contributed by atoms with Crippen LogP contribution in [-0.2, 0) is 6.54 Å². The highest BCUT2D eigenvalue weighted by atomic mass is 32.1. The Morgan fingerprint density at radius 1 is 1.50 bits per heavy atom. The first kappa shape index (κ1) is 12.5. The molecule has 0 radical (unpaired) electrons. The second kappa shape index (κ2) is 5.14. The van der Waals surface area contributed by atoms with E-state index in [2.05, 4.69) is 9.97 Å². The number of hydrogen-bond acceptors (Lipinski definition) is 5. The molecular formula is C12H15N5S. The molecule has 0 spiro atoms. The van der Waals surface area contributed by atoms with Crippen molar-refractivity contribution in [1.82, 2.24) is 9.97 Å². The van der Waals surface area contributed by atoms with Gasteiger partial charge in [-0.1, -0.05) is 6.07 Å². The maximum Gasteiger partial charge on any atom is 0.141 e. The summed E-state index contributed by atoms with van der Waals surface area (Å²) >= 11 is 1.64.